The highest BCUT2D eigenvalue weighted by Crippen LogP contribution is 2.32. The SMILES string of the molecule is CC(Cc1ccccc1C(F)(F)F)NC(=O)c1cnn(C)c1. The Hall–Kier alpha value is -2.31. The van der Waals surface area contributed by atoms with Crippen molar-refractivity contribution in [3.8, 4) is 0 Å². The maximum absolute atomic E-state index is 12.9. The van der Waals surface area contributed by atoms with Crippen molar-refractivity contribution in [3.05, 3.63) is 53.3 Å². The number of aryl methyl sites for hydroxylation is 1. The predicted molar refractivity (Wildman–Crippen MR) is 75.3 cm³/mol. The number of alkyl halides is 3. The third-order valence-electron chi connectivity index (χ3n) is 3.19. The Balaban J connectivity index is 2.07. The van der Waals surface area contributed by atoms with E-state index in [0.29, 0.717) is 5.56 Å². The molecule has 0 aliphatic rings. The molecule has 0 radical (unpaired) electrons. The normalized spacial score (nSPS) is 13.0. The first-order valence-electron chi connectivity index (χ1n) is 6.72. The number of halogens is 3. The van der Waals surface area contributed by atoms with Gasteiger partial charge in [0, 0.05) is 19.3 Å². The number of carbonyl (C=O) groups is 1. The van der Waals surface area contributed by atoms with Gasteiger partial charge in [-0.05, 0) is 25.0 Å². The topological polar surface area (TPSA) is 46.9 Å². The molecule has 118 valence electrons. The van der Waals surface area contributed by atoms with E-state index in [4.69, 9.17) is 0 Å². The van der Waals surface area contributed by atoms with Crippen LogP contribution < -0.4 is 5.32 Å². The van der Waals surface area contributed by atoms with Gasteiger partial charge < -0.3 is 5.32 Å². The minimum Gasteiger partial charge on any atom is -0.349 e. The zero-order chi connectivity index (χ0) is 16.3. The average Bonchev–Trinajstić information content (AvgIpc) is 2.84. The van der Waals surface area contributed by atoms with E-state index in [2.05, 4.69) is 10.4 Å². The highest BCUT2D eigenvalue weighted by Gasteiger charge is 2.33. The number of hydrogen-bond acceptors (Lipinski definition) is 2. The fourth-order valence-electron chi connectivity index (χ4n) is 2.20. The van der Waals surface area contributed by atoms with Gasteiger partial charge in [-0.1, -0.05) is 18.2 Å². The lowest BCUT2D eigenvalue weighted by atomic mass is 10.0. The van der Waals surface area contributed by atoms with Crippen LogP contribution in [0.2, 0.25) is 0 Å². The van der Waals surface area contributed by atoms with E-state index in [1.54, 1.807) is 26.2 Å². The maximum Gasteiger partial charge on any atom is 0.416 e. The molecule has 22 heavy (non-hydrogen) atoms. The van der Waals surface area contributed by atoms with Crippen LogP contribution in [0.15, 0.2) is 36.7 Å². The molecule has 1 amide bonds. The van der Waals surface area contributed by atoms with E-state index in [0.717, 1.165) is 6.07 Å². The molecule has 1 N–H and O–H groups in total. The van der Waals surface area contributed by atoms with Crippen LogP contribution in [-0.4, -0.2) is 21.7 Å². The number of amides is 1. The zero-order valence-corrected chi connectivity index (χ0v) is 12.2. The summed E-state index contributed by atoms with van der Waals surface area (Å²) in [7, 11) is 1.68. The molecular formula is C15H16F3N3O. The van der Waals surface area contributed by atoms with Gasteiger partial charge in [0.2, 0.25) is 0 Å². The molecule has 0 bridgehead atoms. The van der Waals surface area contributed by atoms with Crippen LogP contribution in [0, 0.1) is 0 Å². The zero-order valence-electron chi connectivity index (χ0n) is 12.2. The first kappa shape index (κ1) is 16.1. The fraction of sp³-hybridized carbons (Fsp3) is 0.333. The highest BCUT2D eigenvalue weighted by atomic mass is 19.4. The van der Waals surface area contributed by atoms with Gasteiger partial charge in [-0.2, -0.15) is 18.3 Å². The van der Waals surface area contributed by atoms with Crippen molar-refractivity contribution in [2.24, 2.45) is 7.05 Å². The number of carbonyl (C=O) groups excluding carboxylic acids is 1. The van der Waals surface area contributed by atoms with Gasteiger partial charge in [-0.3, -0.25) is 9.48 Å². The summed E-state index contributed by atoms with van der Waals surface area (Å²) in [5, 5.41) is 6.56. The van der Waals surface area contributed by atoms with Crippen LogP contribution in [-0.2, 0) is 19.6 Å². The minimum absolute atomic E-state index is 0.0989. The van der Waals surface area contributed by atoms with E-state index < -0.39 is 17.8 Å². The van der Waals surface area contributed by atoms with Crippen molar-refractivity contribution in [2.75, 3.05) is 0 Å². The number of aromatic nitrogens is 2. The molecule has 0 aliphatic heterocycles. The lowest BCUT2D eigenvalue weighted by molar-refractivity contribution is -0.138. The van der Waals surface area contributed by atoms with Crippen LogP contribution in [0.4, 0.5) is 13.2 Å². The van der Waals surface area contributed by atoms with E-state index in [1.165, 1.54) is 23.0 Å². The Bertz CT molecular complexity index is 664. The fourth-order valence-corrected chi connectivity index (χ4v) is 2.20. The molecule has 2 aromatic rings. The van der Waals surface area contributed by atoms with Crippen molar-refractivity contribution in [1.29, 1.82) is 0 Å². The van der Waals surface area contributed by atoms with Crippen molar-refractivity contribution >= 4 is 5.91 Å². The van der Waals surface area contributed by atoms with E-state index in [9.17, 15) is 18.0 Å². The molecule has 1 atom stereocenters. The molecule has 0 aliphatic carbocycles. The van der Waals surface area contributed by atoms with Gasteiger partial charge >= 0.3 is 6.18 Å². The second-order valence-corrected chi connectivity index (χ2v) is 5.14. The van der Waals surface area contributed by atoms with Crippen LogP contribution in [0.25, 0.3) is 0 Å². The first-order chi connectivity index (χ1) is 10.3. The van der Waals surface area contributed by atoms with Gasteiger partial charge in [0.15, 0.2) is 0 Å². The molecule has 7 heteroatoms. The smallest absolute Gasteiger partial charge is 0.349 e. The third kappa shape index (κ3) is 3.87. The van der Waals surface area contributed by atoms with Crippen molar-refractivity contribution in [1.82, 2.24) is 15.1 Å². The van der Waals surface area contributed by atoms with Gasteiger partial charge in [-0.15, -0.1) is 0 Å². The average molecular weight is 311 g/mol. The van der Waals surface area contributed by atoms with Gasteiger partial charge in [0.05, 0.1) is 17.3 Å². The minimum atomic E-state index is -4.40. The number of hydrogen-bond donors (Lipinski definition) is 1. The largest absolute Gasteiger partial charge is 0.416 e. The highest BCUT2D eigenvalue weighted by molar-refractivity contribution is 5.93. The Labute approximate surface area is 125 Å². The standard InChI is InChI=1S/C15H16F3N3O/c1-10(20-14(22)12-8-19-21(2)9-12)7-11-5-3-4-6-13(11)15(16,17)18/h3-6,8-10H,7H2,1-2H3,(H,20,22). The molecule has 1 aromatic heterocycles. The third-order valence-corrected chi connectivity index (χ3v) is 3.19. The van der Waals surface area contributed by atoms with Crippen LogP contribution in [0.5, 0.6) is 0 Å². The van der Waals surface area contributed by atoms with Crippen LogP contribution in [0.3, 0.4) is 0 Å². The van der Waals surface area contributed by atoms with Gasteiger partial charge in [0.1, 0.15) is 0 Å². The summed E-state index contributed by atoms with van der Waals surface area (Å²) in [5.74, 6) is -0.356. The number of benzene rings is 1. The monoisotopic (exact) mass is 311 g/mol. The number of rotatable bonds is 4. The molecule has 0 saturated heterocycles. The lowest BCUT2D eigenvalue weighted by Crippen LogP contribution is -2.34. The molecule has 1 unspecified atom stereocenters. The Morgan fingerprint density at radius 3 is 2.64 bits per heavy atom. The van der Waals surface area contributed by atoms with E-state index in [1.807, 2.05) is 0 Å². The molecule has 1 heterocycles. The lowest BCUT2D eigenvalue weighted by Gasteiger charge is -2.17. The van der Waals surface area contributed by atoms with Gasteiger partial charge in [-0.25, -0.2) is 0 Å². The van der Waals surface area contributed by atoms with Crippen molar-refractivity contribution < 1.29 is 18.0 Å². The molecular weight excluding hydrogens is 295 g/mol. The quantitative estimate of drug-likeness (QED) is 0.944. The van der Waals surface area contributed by atoms with Crippen LogP contribution in [0.1, 0.15) is 28.4 Å². The summed E-state index contributed by atoms with van der Waals surface area (Å²) in [6, 6.07) is 4.95. The summed E-state index contributed by atoms with van der Waals surface area (Å²) in [5.41, 5.74) is -0.134. The van der Waals surface area contributed by atoms with E-state index >= 15 is 0 Å². The summed E-state index contributed by atoms with van der Waals surface area (Å²) < 4.78 is 40.3. The summed E-state index contributed by atoms with van der Waals surface area (Å²) in [4.78, 5) is 12.0. The van der Waals surface area contributed by atoms with E-state index in [-0.39, 0.29) is 17.9 Å². The molecule has 4 nitrogen and oxygen atoms in total. The molecule has 0 saturated carbocycles. The maximum atomic E-state index is 12.9. The molecule has 0 fully saturated rings. The number of nitrogens with zero attached hydrogens (tertiary/aromatic N) is 2. The summed E-state index contributed by atoms with van der Waals surface area (Å²) >= 11 is 0. The Kier molecular flexibility index (Phi) is 4.54. The number of nitrogens with one attached hydrogen (secondary N) is 1. The predicted octanol–water partition coefficient (Wildman–Crippen LogP) is 2.80. The second kappa shape index (κ2) is 6.21. The Morgan fingerprint density at radius 1 is 1.36 bits per heavy atom. The second-order valence-electron chi connectivity index (χ2n) is 5.14. The molecule has 1 aromatic carbocycles. The van der Waals surface area contributed by atoms with Crippen molar-refractivity contribution in [2.45, 2.75) is 25.6 Å². The summed E-state index contributed by atoms with van der Waals surface area (Å²) in [6.45, 7) is 1.67. The first-order valence-corrected chi connectivity index (χ1v) is 6.72. The summed E-state index contributed by atoms with van der Waals surface area (Å²) in [6.07, 6.45) is -1.34. The molecule has 2 rings (SSSR count). The van der Waals surface area contributed by atoms with Gasteiger partial charge in [0.25, 0.3) is 5.91 Å². The van der Waals surface area contributed by atoms with Crippen molar-refractivity contribution in [3.63, 3.8) is 0 Å². The molecule has 0 spiro atoms. The van der Waals surface area contributed by atoms with Crippen LogP contribution >= 0.6 is 0 Å². The Morgan fingerprint density at radius 2 is 2.05 bits per heavy atom.